The number of hydrogen-bond donors (Lipinski definition) is 1. The van der Waals surface area contributed by atoms with Gasteiger partial charge in [-0.2, -0.15) is 0 Å². The average Bonchev–Trinajstić information content (AvgIpc) is 2.55. The Morgan fingerprint density at radius 2 is 1.17 bits per heavy atom. The van der Waals surface area contributed by atoms with E-state index in [0.29, 0.717) is 19.4 Å². The summed E-state index contributed by atoms with van der Waals surface area (Å²) in [6.07, 6.45) is 15.3. The van der Waals surface area contributed by atoms with Gasteiger partial charge in [-0.05, 0) is 19.8 Å². The highest BCUT2D eigenvalue weighted by Crippen LogP contribution is 2.36. The highest BCUT2D eigenvalue weighted by atomic mass is 16.5. The first kappa shape index (κ1) is 21.0. The van der Waals surface area contributed by atoms with Crippen LogP contribution in [-0.2, 0) is 14.3 Å². The molecule has 0 saturated heterocycles. The zero-order valence-electron chi connectivity index (χ0n) is 15.5. The van der Waals surface area contributed by atoms with E-state index in [0.717, 1.165) is 25.7 Å². The van der Waals surface area contributed by atoms with E-state index in [1.165, 1.54) is 51.4 Å². The fraction of sp³-hybridized carbons (Fsp3) is 0.900. The van der Waals surface area contributed by atoms with Crippen molar-refractivity contribution in [2.75, 3.05) is 6.61 Å². The van der Waals surface area contributed by atoms with Crippen molar-refractivity contribution >= 4 is 11.9 Å². The standard InChI is InChI=1S/C20H36O4/c1-2-24-18(21)17-20(19(22)23)15-13-11-9-7-5-3-4-6-8-10-12-14-16-20/h2-17H2,1H3,(H,22,23). The fourth-order valence-corrected chi connectivity index (χ4v) is 3.77. The van der Waals surface area contributed by atoms with Gasteiger partial charge in [-0.25, -0.2) is 0 Å². The molecular weight excluding hydrogens is 304 g/mol. The molecule has 24 heavy (non-hydrogen) atoms. The first-order valence-electron chi connectivity index (χ1n) is 10.00. The van der Waals surface area contributed by atoms with Crippen LogP contribution in [0.25, 0.3) is 0 Å². The Morgan fingerprint density at radius 3 is 1.50 bits per heavy atom. The molecule has 0 aromatic rings. The minimum atomic E-state index is -0.924. The second-order valence-electron chi connectivity index (χ2n) is 7.31. The number of hydrogen-bond acceptors (Lipinski definition) is 3. The molecule has 4 nitrogen and oxygen atoms in total. The lowest BCUT2D eigenvalue weighted by atomic mass is 9.75. The topological polar surface area (TPSA) is 63.6 Å². The van der Waals surface area contributed by atoms with Crippen LogP contribution in [0.5, 0.6) is 0 Å². The predicted molar refractivity (Wildman–Crippen MR) is 96.0 cm³/mol. The minimum Gasteiger partial charge on any atom is -0.481 e. The molecule has 4 heteroatoms. The van der Waals surface area contributed by atoms with Crippen molar-refractivity contribution in [2.45, 2.75) is 103 Å². The van der Waals surface area contributed by atoms with Crippen molar-refractivity contribution in [1.29, 1.82) is 0 Å². The number of ether oxygens (including phenoxy) is 1. The van der Waals surface area contributed by atoms with Gasteiger partial charge < -0.3 is 9.84 Å². The van der Waals surface area contributed by atoms with E-state index < -0.39 is 11.4 Å². The molecule has 1 aliphatic rings. The third kappa shape index (κ3) is 8.16. The van der Waals surface area contributed by atoms with Crippen molar-refractivity contribution in [3.8, 4) is 0 Å². The number of rotatable bonds is 4. The number of carboxylic acid groups (broad SMARTS) is 1. The lowest BCUT2D eigenvalue weighted by Gasteiger charge is -2.29. The minimum absolute atomic E-state index is 0.0240. The van der Waals surface area contributed by atoms with Crippen molar-refractivity contribution in [3.63, 3.8) is 0 Å². The van der Waals surface area contributed by atoms with E-state index >= 15 is 0 Å². The van der Waals surface area contributed by atoms with Gasteiger partial charge in [0.1, 0.15) is 0 Å². The predicted octanol–water partition coefficient (Wildman–Crippen LogP) is 5.49. The van der Waals surface area contributed by atoms with Crippen molar-refractivity contribution in [3.05, 3.63) is 0 Å². The molecule has 1 N–H and O–H groups in total. The van der Waals surface area contributed by atoms with Crippen molar-refractivity contribution in [1.82, 2.24) is 0 Å². The molecule has 0 aliphatic heterocycles. The van der Waals surface area contributed by atoms with Crippen LogP contribution >= 0.6 is 0 Å². The Hall–Kier alpha value is -1.06. The van der Waals surface area contributed by atoms with Gasteiger partial charge in [0, 0.05) is 0 Å². The van der Waals surface area contributed by atoms with E-state index in [4.69, 9.17) is 4.74 Å². The van der Waals surface area contributed by atoms with Gasteiger partial charge in [0.05, 0.1) is 18.4 Å². The van der Waals surface area contributed by atoms with Gasteiger partial charge in [0.25, 0.3) is 0 Å². The highest BCUT2D eigenvalue weighted by molar-refractivity contribution is 5.82. The molecule has 140 valence electrons. The molecule has 0 amide bonds. The Labute approximate surface area is 147 Å². The van der Waals surface area contributed by atoms with Gasteiger partial charge in [-0.15, -0.1) is 0 Å². The van der Waals surface area contributed by atoms with Crippen LogP contribution in [0.3, 0.4) is 0 Å². The lowest BCUT2D eigenvalue weighted by Crippen LogP contribution is -2.34. The van der Waals surface area contributed by atoms with E-state index in [-0.39, 0.29) is 12.4 Å². The molecule has 0 spiro atoms. The second-order valence-corrected chi connectivity index (χ2v) is 7.31. The van der Waals surface area contributed by atoms with Gasteiger partial charge >= 0.3 is 11.9 Å². The number of carbonyl (C=O) groups is 2. The van der Waals surface area contributed by atoms with Crippen LogP contribution in [0, 0.1) is 5.41 Å². The summed E-state index contributed by atoms with van der Waals surface area (Å²) in [6.45, 7) is 2.08. The maximum absolute atomic E-state index is 12.0. The fourth-order valence-electron chi connectivity index (χ4n) is 3.77. The van der Waals surface area contributed by atoms with Crippen LogP contribution in [-0.4, -0.2) is 23.7 Å². The molecule has 1 saturated carbocycles. The third-order valence-electron chi connectivity index (χ3n) is 5.30. The maximum atomic E-state index is 12.0. The molecule has 0 atom stereocenters. The van der Waals surface area contributed by atoms with Gasteiger partial charge in [-0.3, -0.25) is 9.59 Å². The molecule has 0 aromatic carbocycles. The molecule has 0 heterocycles. The molecule has 1 fully saturated rings. The summed E-state index contributed by atoms with van der Waals surface area (Å²) >= 11 is 0. The second kappa shape index (κ2) is 12.3. The van der Waals surface area contributed by atoms with E-state index in [9.17, 15) is 14.7 Å². The van der Waals surface area contributed by atoms with E-state index in [1.54, 1.807) is 6.92 Å². The smallest absolute Gasteiger partial charge is 0.310 e. The van der Waals surface area contributed by atoms with Crippen LogP contribution in [0.1, 0.15) is 103 Å². The summed E-state index contributed by atoms with van der Waals surface area (Å²) in [5.41, 5.74) is -0.924. The van der Waals surface area contributed by atoms with Crippen LogP contribution in [0.15, 0.2) is 0 Å². The molecule has 0 unspecified atom stereocenters. The van der Waals surface area contributed by atoms with Crippen LogP contribution in [0.4, 0.5) is 0 Å². The number of esters is 1. The molecule has 0 aromatic heterocycles. The summed E-state index contributed by atoms with van der Waals surface area (Å²) in [4.78, 5) is 24.0. The molecule has 0 radical (unpaired) electrons. The monoisotopic (exact) mass is 340 g/mol. The summed E-state index contributed by atoms with van der Waals surface area (Å²) < 4.78 is 5.04. The summed E-state index contributed by atoms with van der Waals surface area (Å²) in [5, 5.41) is 9.85. The Bertz CT molecular complexity index is 349. The number of carbonyl (C=O) groups excluding carboxylic acids is 1. The normalized spacial score (nSPS) is 21.2. The molecular formula is C20H36O4. The lowest BCUT2D eigenvalue weighted by molar-refractivity contribution is -0.159. The quantitative estimate of drug-likeness (QED) is 0.688. The zero-order valence-corrected chi connectivity index (χ0v) is 15.5. The maximum Gasteiger partial charge on any atom is 0.310 e. The van der Waals surface area contributed by atoms with Gasteiger partial charge in [0.15, 0.2) is 0 Å². The zero-order chi connectivity index (χ0) is 17.7. The molecule has 1 rings (SSSR count). The number of aliphatic carboxylic acids is 1. The summed E-state index contributed by atoms with van der Waals surface area (Å²) in [7, 11) is 0. The van der Waals surface area contributed by atoms with Crippen molar-refractivity contribution in [2.24, 2.45) is 5.41 Å². The Balaban J connectivity index is 2.69. The summed E-state index contributed by atoms with van der Waals surface area (Å²) in [5.74, 6) is -1.18. The SMILES string of the molecule is CCOC(=O)CC1(C(=O)O)CCCCCCCCCCCCCC1. The largest absolute Gasteiger partial charge is 0.481 e. The van der Waals surface area contributed by atoms with E-state index in [2.05, 4.69) is 0 Å². The van der Waals surface area contributed by atoms with Crippen LogP contribution < -0.4 is 0 Å². The Kier molecular flexibility index (Phi) is 10.8. The first-order valence-corrected chi connectivity index (χ1v) is 10.00. The Morgan fingerprint density at radius 1 is 0.792 bits per heavy atom. The molecule has 1 aliphatic carbocycles. The van der Waals surface area contributed by atoms with Gasteiger partial charge in [-0.1, -0.05) is 77.0 Å². The number of carboxylic acids is 1. The average molecular weight is 341 g/mol. The molecule has 0 bridgehead atoms. The first-order chi connectivity index (χ1) is 11.6. The van der Waals surface area contributed by atoms with E-state index in [1.807, 2.05) is 0 Å². The van der Waals surface area contributed by atoms with Crippen LogP contribution in [0.2, 0.25) is 0 Å². The highest BCUT2D eigenvalue weighted by Gasteiger charge is 2.40. The van der Waals surface area contributed by atoms with Gasteiger partial charge in [0.2, 0.25) is 0 Å². The third-order valence-corrected chi connectivity index (χ3v) is 5.30. The van der Waals surface area contributed by atoms with Crippen molar-refractivity contribution < 1.29 is 19.4 Å². The summed E-state index contributed by atoms with van der Waals surface area (Å²) in [6, 6.07) is 0.